The van der Waals surface area contributed by atoms with Crippen molar-refractivity contribution in [3.05, 3.63) is 38.2 Å². The van der Waals surface area contributed by atoms with Gasteiger partial charge >= 0.3 is 5.69 Å². The molecule has 1 aliphatic rings. The molecule has 1 amide bonds. The number of carbonyl (C=O) groups excluding carboxylic acids is 1. The molecular formula is C15H19N5O3. The largest absolute Gasteiger partial charge is 0.332 e. The second-order valence-electron chi connectivity index (χ2n) is 5.94. The highest BCUT2D eigenvalue weighted by Gasteiger charge is 2.29. The van der Waals surface area contributed by atoms with Crippen LogP contribution in [-0.4, -0.2) is 50.9 Å². The molecule has 0 saturated carbocycles. The van der Waals surface area contributed by atoms with Crippen molar-refractivity contribution in [2.75, 3.05) is 13.1 Å². The number of H-pyrrole nitrogens is 2. The molecule has 2 atom stereocenters. The minimum absolute atomic E-state index is 0.0345. The SMILES string of the molecule is Cc1cc(C(=O)N2CCNC(C)C2C)nc2[nH]c(=O)[nH]c(=O)c12. The van der Waals surface area contributed by atoms with Gasteiger partial charge in [-0.3, -0.25) is 19.6 Å². The van der Waals surface area contributed by atoms with Gasteiger partial charge in [-0.25, -0.2) is 9.78 Å². The summed E-state index contributed by atoms with van der Waals surface area (Å²) in [5.41, 5.74) is -0.165. The van der Waals surface area contributed by atoms with Crippen LogP contribution in [0.2, 0.25) is 0 Å². The Labute approximate surface area is 131 Å². The Hall–Kier alpha value is -2.48. The summed E-state index contributed by atoms with van der Waals surface area (Å²) in [6, 6.07) is 1.82. The zero-order valence-electron chi connectivity index (χ0n) is 13.3. The first kappa shape index (κ1) is 15.4. The zero-order valence-corrected chi connectivity index (χ0v) is 13.3. The molecule has 3 N–H and O–H groups in total. The van der Waals surface area contributed by atoms with Crippen LogP contribution in [0.15, 0.2) is 15.7 Å². The minimum Gasteiger partial charge on any atom is -0.332 e. The van der Waals surface area contributed by atoms with Gasteiger partial charge in [0.1, 0.15) is 11.3 Å². The average molecular weight is 317 g/mol. The van der Waals surface area contributed by atoms with Crippen LogP contribution < -0.4 is 16.6 Å². The molecule has 8 heteroatoms. The number of nitrogens with zero attached hydrogens (tertiary/aromatic N) is 2. The Morgan fingerprint density at radius 2 is 2.04 bits per heavy atom. The van der Waals surface area contributed by atoms with Crippen molar-refractivity contribution in [2.45, 2.75) is 32.9 Å². The molecule has 3 rings (SSSR count). The maximum absolute atomic E-state index is 12.8. The third-order valence-corrected chi connectivity index (χ3v) is 4.42. The molecule has 0 aliphatic carbocycles. The molecule has 0 aromatic carbocycles. The van der Waals surface area contributed by atoms with Gasteiger partial charge in [-0.2, -0.15) is 0 Å². The molecule has 0 radical (unpaired) electrons. The van der Waals surface area contributed by atoms with Crippen LogP contribution in [0.1, 0.15) is 29.9 Å². The summed E-state index contributed by atoms with van der Waals surface area (Å²) >= 11 is 0. The predicted molar refractivity (Wildman–Crippen MR) is 85.7 cm³/mol. The highest BCUT2D eigenvalue weighted by Crippen LogP contribution is 2.16. The molecule has 0 spiro atoms. The summed E-state index contributed by atoms with van der Waals surface area (Å²) in [6.45, 7) is 7.04. The number of carbonyl (C=O) groups is 1. The summed E-state index contributed by atoms with van der Waals surface area (Å²) in [7, 11) is 0. The van der Waals surface area contributed by atoms with Crippen molar-refractivity contribution >= 4 is 16.9 Å². The van der Waals surface area contributed by atoms with Crippen molar-refractivity contribution in [1.82, 2.24) is 25.2 Å². The van der Waals surface area contributed by atoms with E-state index in [1.807, 2.05) is 13.8 Å². The van der Waals surface area contributed by atoms with Crippen LogP contribution in [0, 0.1) is 6.92 Å². The number of rotatable bonds is 1. The first-order valence-corrected chi connectivity index (χ1v) is 7.57. The Morgan fingerprint density at radius 1 is 1.30 bits per heavy atom. The number of nitrogens with one attached hydrogen (secondary N) is 3. The van der Waals surface area contributed by atoms with Gasteiger partial charge in [0.2, 0.25) is 0 Å². The summed E-state index contributed by atoms with van der Waals surface area (Å²) in [5.74, 6) is -0.197. The van der Waals surface area contributed by atoms with Crippen LogP contribution in [0.25, 0.3) is 11.0 Å². The van der Waals surface area contributed by atoms with E-state index >= 15 is 0 Å². The van der Waals surface area contributed by atoms with Gasteiger partial charge in [0.15, 0.2) is 0 Å². The number of aryl methyl sites for hydroxylation is 1. The molecule has 23 heavy (non-hydrogen) atoms. The average Bonchev–Trinajstić information content (AvgIpc) is 2.48. The van der Waals surface area contributed by atoms with E-state index in [1.165, 1.54) is 0 Å². The smallest absolute Gasteiger partial charge is 0.327 e. The lowest BCUT2D eigenvalue weighted by Crippen LogP contribution is -2.57. The predicted octanol–water partition coefficient (Wildman–Crippen LogP) is -0.258. The summed E-state index contributed by atoms with van der Waals surface area (Å²) < 4.78 is 0. The molecule has 2 aromatic heterocycles. The number of aromatic nitrogens is 3. The second kappa shape index (κ2) is 5.62. The third-order valence-electron chi connectivity index (χ3n) is 4.42. The third kappa shape index (κ3) is 2.65. The molecular weight excluding hydrogens is 298 g/mol. The molecule has 2 aromatic rings. The highest BCUT2D eigenvalue weighted by atomic mass is 16.2. The minimum atomic E-state index is -0.636. The maximum Gasteiger partial charge on any atom is 0.327 e. The molecule has 1 saturated heterocycles. The van der Waals surface area contributed by atoms with Crippen LogP contribution in [0.4, 0.5) is 0 Å². The topological polar surface area (TPSA) is 111 Å². The van der Waals surface area contributed by atoms with E-state index < -0.39 is 11.2 Å². The lowest BCUT2D eigenvalue weighted by atomic mass is 10.1. The number of piperazine rings is 1. The van der Waals surface area contributed by atoms with Gasteiger partial charge in [0.25, 0.3) is 11.5 Å². The van der Waals surface area contributed by atoms with Crippen LogP contribution in [0.5, 0.6) is 0 Å². The van der Waals surface area contributed by atoms with Gasteiger partial charge in [-0.15, -0.1) is 0 Å². The maximum atomic E-state index is 12.8. The fraction of sp³-hybridized carbons (Fsp3) is 0.467. The van der Waals surface area contributed by atoms with Crippen LogP contribution in [0.3, 0.4) is 0 Å². The summed E-state index contributed by atoms with van der Waals surface area (Å²) in [4.78, 5) is 46.7. The fourth-order valence-corrected chi connectivity index (χ4v) is 2.95. The fourth-order valence-electron chi connectivity index (χ4n) is 2.95. The Morgan fingerprint density at radius 3 is 2.78 bits per heavy atom. The number of aromatic amines is 2. The molecule has 1 fully saturated rings. The molecule has 1 aliphatic heterocycles. The summed E-state index contributed by atoms with van der Waals surface area (Å²) in [6.07, 6.45) is 0. The highest BCUT2D eigenvalue weighted by molar-refractivity contribution is 5.95. The van der Waals surface area contributed by atoms with Crippen LogP contribution >= 0.6 is 0 Å². The van der Waals surface area contributed by atoms with E-state index in [-0.39, 0.29) is 29.3 Å². The van der Waals surface area contributed by atoms with Crippen LogP contribution in [-0.2, 0) is 0 Å². The van der Waals surface area contributed by atoms with Crippen molar-refractivity contribution in [3.63, 3.8) is 0 Å². The standard InChI is InChI=1S/C15H19N5O3/c1-7-6-10(14(22)20-5-4-16-8(2)9(20)3)17-12-11(7)13(21)19-15(23)18-12/h6,8-9,16H,4-5H2,1-3H3,(H2,17,18,19,21,23). The van der Waals surface area contributed by atoms with Crippen molar-refractivity contribution < 1.29 is 4.79 Å². The molecule has 2 unspecified atom stereocenters. The molecule has 0 bridgehead atoms. The van der Waals surface area contributed by atoms with Gasteiger partial charge in [-0.05, 0) is 32.4 Å². The van der Waals surface area contributed by atoms with Gasteiger partial charge < -0.3 is 10.2 Å². The molecule has 8 nitrogen and oxygen atoms in total. The second-order valence-corrected chi connectivity index (χ2v) is 5.94. The number of fused-ring (bicyclic) bond motifs is 1. The van der Waals surface area contributed by atoms with Gasteiger partial charge in [0, 0.05) is 25.2 Å². The van der Waals surface area contributed by atoms with E-state index in [2.05, 4.69) is 20.3 Å². The molecule has 122 valence electrons. The van der Waals surface area contributed by atoms with E-state index in [1.54, 1.807) is 17.9 Å². The van der Waals surface area contributed by atoms with E-state index in [4.69, 9.17) is 0 Å². The normalized spacial score (nSPS) is 21.6. The number of hydrogen-bond acceptors (Lipinski definition) is 5. The Bertz CT molecular complexity index is 885. The Balaban J connectivity index is 2.08. The lowest BCUT2D eigenvalue weighted by Gasteiger charge is -2.38. The van der Waals surface area contributed by atoms with Gasteiger partial charge in [-0.1, -0.05) is 0 Å². The first-order valence-electron chi connectivity index (χ1n) is 7.57. The molecule has 3 heterocycles. The summed E-state index contributed by atoms with van der Waals surface area (Å²) in [5, 5.41) is 3.61. The quantitative estimate of drug-likeness (QED) is 0.671. The van der Waals surface area contributed by atoms with Gasteiger partial charge in [0.05, 0.1) is 5.39 Å². The number of amides is 1. The number of hydrogen-bond donors (Lipinski definition) is 3. The van der Waals surface area contributed by atoms with Crippen molar-refractivity contribution in [2.24, 2.45) is 0 Å². The van der Waals surface area contributed by atoms with Crippen molar-refractivity contribution in [3.8, 4) is 0 Å². The van der Waals surface area contributed by atoms with Crippen molar-refractivity contribution in [1.29, 1.82) is 0 Å². The Kier molecular flexibility index (Phi) is 3.77. The van der Waals surface area contributed by atoms with E-state index in [0.29, 0.717) is 17.5 Å². The van der Waals surface area contributed by atoms with E-state index in [0.717, 1.165) is 6.54 Å². The number of pyridine rings is 1. The first-order chi connectivity index (χ1) is 10.9. The monoisotopic (exact) mass is 317 g/mol. The van der Waals surface area contributed by atoms with E-state index in [9.17, 15) is 14.4 Å². The zero-order chi connectivity index (χ0) is 16.7. The lowest BCUT2D eigenvalue weighted by molar-refractivity contribution is 0.0597.